The van der Waals surface area contributed by atoms with E-state index in [2.05, 4.69) is 44.3 Å². The van der Waals surface area contributed by atoms with E-state index in [1.807, 2.05) is 36.5 Å². The molecule has 8 nitrogen and oxygen atoms in total. The predicted octanol–water partition coefficient (Wildman–Crippen LogP) is 4.38. The van der Waals surface area contributed by atoms with Crippen molar-refractivity contribution < 1.29 is 9.47 Å². The number of nitriles is 1. The molecule has 0 aliphatic carbocycles. The van der Waals surface area contributed by atoms with Gasteiger partial charge in [0.2, 0.25) is 0 Å². The van der Waals surface area contributed by atoms with E-state index in [1.165, 1.54) is 0 Å². The summed E-state index contributed by atoms with van der Waals surface area (Å²) in [5, 5.41) is 17.6. The summed E-state index contributed by atoms with van der Waals surface area (Å²) in [6.07, 6.45) is 9.70. The number of pyridine rings is 1. The zero-order valence-corrected chi connectivity index (χ0v) is 19.5. The highest BCUT2D eigenvalue weighted by Gasteiger charge is 2.19. The number of nitrogens with one attached hydrogen (secondary N) is 1. The standard InChI is InChI=1S/C26H30N6O2/c1-31-10-5-23(6-11-31)32-18-22(17-29-32)30-26-15-20(4-9-28-26)19-2-3-25(21(14-19)16-27)34-24-7-12-33-13-8-24/h2-4,9,14-15,17-18,23-24H,5-8,10-13H2,1H3,(H,28,30). The molecule has 0 radical (unpaired) electrons. The van der Waals surface area contributed by atoms with Gasteiger partial charge in [-0.05, 0) is 68.4 Å². The van der Waals surface area contributed by atoms with Crippen LogP contribution < -0.4 is 10.1 Å². The zero-order chi connectivity index (χ0) is 23.3. The molecule has 2 aliphatic rings. The molecule has 2 saturated heterocycles. The molecule has 0 atom stereocenters. The van der Waals surface area contributed by atoms with Crippen LogP contribution in [0.4, 0.5) is 11.5 Å². The first-order chi connectivity index (χ1) is 16.7. The van der Waals surface area contributed by atoms with E-state index in [9.17, 15) is 5.26 Å². The zero-order valence-electron chi connectivity index (χ0n) is 19.5. The van der Waals surface area contributed by atoms with Crippen molar-refractivity contribution in [3.63, 3.8) is 0 Å². The van der Waals surface area contributed by atoms with Crippen LogP contribution in [0.1, 0.15) is 37.3 Å². The Labute approximate surface area is 200 Å². The molecule has 0 bridgehead atoms. The fourth-order valence-electron chi connectivity index (χ4n) is 4.56. The fourth-order valence-corrected chi connectivity index (χ4v) is 4.56. The first kappa shape index (κ1) is 22.4. The van der Waals surface area contributed by atoms with E-state index < -0.39 is 0 Å². The van der Waals surface area contributed by atoms with Crippen molar-refractivity contribution in [2.24, 2.45) is 0 Å². The van der Waals surface area contributed by atoms with Crippen LogP contribution in [0.3, 0.4) is 0 Å². The lowest BCUT2D eigenvalue weighted by molar-refractivity contribution is 0.0254. The molecule has 34 heavy (non-hydrogen) atoms. The Morgan fingerprint density at radius 1 is 1.09 bits per heavy atom. The summed E-state index contributed by atoms with van der Waals surface area (Å²) in [6.45, 7) is 3.60. The second-order valence-electron chi connectivity index (χ2n) is 9.05. The van der Waals surface area contributed by atoms with Crippen LogP contribution in [0.2, 0.25) is 0 Å². The monoisotopic (exact) mass is 458 g/mol. The second-order valence-corrected chi connectivity index (χ2v) is 9.05. The van der Waals surface area contributed by atoms with E-state index in [0.29, 0.717) is 30.6 Å². The van der Waals surface area contributed by atoms with Crippen molar-refractivity contribution >= 4 is 11.5 Å². The lowest BCUT2D eigenvalue weighted by Gasteiger charge is -2.28. The second kappa shape index (κ2) is 10.2. The molecular weight excluding hydrogens is 428 g/mol. The van der Waals surface area contributed by atoms with Gasteiger partial charge in [0.15, 0.2) is 0 Å². The molecule has 5 rings (SSSR count). The Hall–Kier alpha value is -3.41. The molecule has 176 valence electrons. The highest BCUT2D eigenvalue weighted by molar-refractivity contribution is 5.70. The molecule has 2 fully saturated rings. The molecule has 4 heterocycles. The normalized spacial score (nSPS) is 17.9. The van der Waals surface area contributed by atoms with Gasteiger partial charge in [-0.25, -0.2) is 4.98 Å². The quantitative estimate of drug-likeness (QED) is 0.586. The van der Waals surface area contributed by atoms with Crippen LogP contribution in [0.5, 0.6) is 5.75 Å². The minimum absolute atomic E-state index is 0.0962. The SMILES string of the molecule is CN1CCC(n2cc(Nc3cc(-c4ccc(OC5CCOCC5)c(C#N)c4)ccn3)cn2)CC1. The minimum Gasteiger partial charge on any atom is -0.489 e. The van der Waals surface area contributed by atoms with Gasteiger partial charge >= 0.3 is 0 Å². The number of anilines is 2. The van der Waals surface area contributed by atoms with Crippen LogP contribution in [0, 0.1) is 11.3 Å². The molecular formula is C26H30N6O2. The average molecular weight is 459 g/mol. The lowest BCUT2D eigenvalue weighted by atomic mass is 10.0. The molecule has 0 saturated carbocycles. The summed E-state index contributed by atoms with van der Waals surface area (Å²) < 4.78 is 13.6. The first-order valence-corrected chi connectivity index (χ1v) is 11.9. The molecule has 0 spiro atoms. The van der Waals surface area contributed by atoms with Crippen molar-refractivity contribution in [1.29, 1.82) is 5.26 Å². The smallest absolute Gasteiger partial charge is 0.137 e. The lowest BCUT2D eigenvalue weighted by Crippen LogP contribution is -2.31. The largest absolute Gasteiger partial charge is 0.489 e. The van der Waals surface area contributed by atoms with Gasteiger partial charge in [0.05, 0.1) is 36.7 Å². The minimum atomic E-state index is 0.0962. The van der Waals surface area contributed by atoms with Crippen molar-refractivity contribution in [2.75, 3.05) is 38.7 Å². The van der Waals surface area contributed by atoms with Crippen molar-refractivity contribution in [3.05, 3.63) is 54.5 Å². The maximum atomic E-state index is 9.70. The maximum Gasteiger partial charge on any atom is 0.137 e. The van der Waals surface area contributed by atoms with Crippen LogP contribution in [-0.2, 0) is 4.74 Å². The van der Waals surface area contributed by atoms with Gasteiger partial charge < -0.3 is 19.7 Å². The molecule has 0 unspecified atom stereocenters. The third-order valence-electron chi connectivity index (χ3n) is 6.59. The molecule has 3 aromatic rings. The number of hydrogen-bond donors (Lipinski definition) is 1. The Balaban J connectivity index is 1.29. The van der Waals surface area contributed by atoms with Gasteiger partial charge in [-0.3, -0.25) is 4.68 Å². The predicted molar refractivity (Wildman–Crippen MR) is 130 cm³/mol. The number of ether oxygens (including phenoxy) is 2. The molecule has 2 aromatic heterocycles. The van der Waals surface area contributed by atoms with Gasteiger partial charge in [-0.1, -0.05) is 6.07 Å². The summed E-state index contributed by atoms with van der Waals surface area (Å²) in [7, 11) is 2.16. The van der Waals surface area contributed by atoms with E-state index >= 15 is 0 Å². The number of piperidine rings is 1. The van der Waals surface area contributed by atoms with Crippen molar-refractivity contribution in [3.8, 4) is 22.9 Å². The van der Waals surface area contributed by atoms with E-state index in [-0.39, 0.29) is 6.10 Å². The van der Waals surface area contributed by atoms with Crippen molar-refractivity contribution in [1.82, 2.24) is 19.7 Å². The average Bonchev–Trinajstić information content (AvgIpc) is 3.34. The molecule has 1 N–H and O–H groups in total. The summed E-state index contributed by atoms with van der Waals surface area (Å²) in [5.74, 6) is 1.37. The number of rotatable bonds is 6. The molecule has 8 heteroatoms. The van der Waals surface area contributed by atoms with E-state index in [1.54, 1.807) is 6.20 Å². The Bertz CT molecular complexity index is 1160. The summed E-state index contributed by atoms with van der Waals surface area (Å²) in [5.41, 5.74) is 3.38. The number of hydrogen-bond acceptors (Lipinski definition) is 7. The number of nitrogens with zero attached hydrogens (tertiary/aromatic N) is 5. The first-order valence-electron chi connectivity index (χ1n) is 11.9. The summed E-state index contributed by atoms with van der Waals surface area (Å²) in [4.78, 5) is 6.83. The fraction of sp³-hybridized carbons (Fsp3) is 0.423. The van der Waals surface area contributed by atoms with Crippen LogP contribution in [0.15, 0.2) is 48.9 Å². The van der Waals surface area contributed by atoms with E-state index in [4.69, 9.17) is 9.47 Å². The van der Waals surface area contributed by atoms with Crippen LogP contribution in [0.25, 0.3) is 11.1 Å². The Morgan fingerprint density at radius 3 is 2.68 bits per heavy atom. The highest BCUT2D eigenvalue weighted by atomic mass is 16.5. The maximum absolute atomic E-state index is 9.70. The molecule has 1 aromatic carbocycles. The summed E-state index contributed by atoms with van der Waals surface area (Å²) >= 11 is 0. The topological polar surface area (TPSA) is 88.2 Å². The Morgan fingerprint density at radius 2 is 1.88 bits per heavy atom. The number of aromatic nitrogens is 3. The number of benzene rings is 1. The third kappa shape index (κ3) is 5.22. The Kier molecular flexibility index (Phi) is 6.74. The van der Waals surface area contributed by atoms with Crippen molar-refractivity contribution in [2.45, 2.75) is 37.8 Å². The van der Waals surface area contributed by atoms with E-state index in [0.717, 1.165) is 61.4 Å². The molecule has 0 amide bonds. The van der Waals surface area contributed by atoms with Crippen LogP contribution >= 0.6 is 0 Å². The third-order valence-corrected chi connectivity index (χ3v) is 6.59. The van der Waals surface area contributed by atoms with Gasteiger partial charge in [-0.15, -0.1) is 0 Å². The number of likely N-dealkylation sites (tertiary alicyclic amines) is 1. The van der Waals surface area contributed by atoms with Gasteiger partial charge in [0.1, 0.15) is 23.7 Å². The van der Waals surface area contributed by atoms with Crippen LogP contribution in [-0.4, -0.2) is 59.1 Å². The van der Waals surface area contributed by atoms with Gasteiger partial charge in [-0.2, -0.15) is 10.4 Å². The van der Waals surface area contributed by atoms with Gasteiger partial charge in [0.25, 0.3) is 0 Å². The summed E-state index contributed by atoms with van der Waals surface area (Å²) in [6, 6.07) is 12.4. The van der Waals surface area contributed by atoms with Gasteiger partial charge in [0, 0.05) is 25.2 Å². The molecule has 2 aliphatic heterocycles. The highest BCUT2D eigenvalue weighted by Crippen LogP contribution is 2.30.